The lowest BCUT2D eigenvalue weighted by Crippen LogP contribution is -2.47. The molecular weight excluding hydrogens is 410 g/mol. The van der Waals surface area contributed by atoms with Crippen molar-refractivity contribution in [3.05, 3.63) is 65.5 Å². The number of rotatable bonds is 4. The molecule has 1 unspecified atom stereocenters. The van der Waals surface area contributed by atoms with Gasteiger partial charge in [-0.15, -0.1) is 0 Å². The van der Waals surface area contributed by atoms with Crippen LogP contribution in [0.4, 0.5) is 22.4 Å². The number of nitrogen functional groups attached to an aromatic ring is 1. The summed E-state index contributed by atoms with van der Waals surface area (Å²) in [5.41, 5.74) is 7.17. The first-order valence-electron chi connectivity index (χ1n) is 10.2. The topological polar surface area (TPSA) is 135 Å². The van der Waals surface area contributed by atoms with Gasteiger partial charge in [0, 0.05) is 17.7 Å². The Balaban J connectivity index is 1.43. The molecule has 162 valence electrons. The number of imide groups is 1. The van der Waals surface area contributed by atoms with Crippen LogP contribution in [-0.4, -0.2) is 38.4 Å². The molecule has 1 fully saturated rings. The molecule has 32 heavy (non-hydrogen) atoms. The van der Waals surface area contributed by atoms with Gasteiger partial charge in [-0.05, 0) is 24.6 Å². The van der Waals surface area contributed by atoms with Crippen LogP contribution < -0.4 is 21.1 Å². The number of nitrogens with two attached hydrogens (primary N) is 1. The van der Waals surface area contributed by atoms with Gasteiger partial charge in [-0.3, -0.25) is 9.69 Å². The molecule has 0 aliphatic carbocycles. The zero-order chi connectivity index (χ0) is 22.3. The molecule has 10 heteroatoms. The predicted molar refractivity (Wildman–Crippen MR) is 116 cm³/mol. The van der Waals surface area contributed by atoms with Gasteiger partial charge < -0.3 is 21.1 Å². The summed E-state index contributed by atoms with van der Waals surface area (Å²) in [7, 11) is 0. The number of nitrogens with one attached hydrogen (secondary N) is 2. The Bertz CT molecular complexity index is 1230. The van der Waals surface area contributed by atoms with Crippen molar-refractivity contribution < 1.29 is 14.3 Å². The third-order valence-electron chi connectivity index (χ3n) is 5.65. The second kappa shape index (κ2) is 7.49. The quantitative estimate of drug-likeness (QED) is 0.535. The summed E-state index contributed by atoms with van der Waals surface area (Å²) in [5, 5.41) is 5.97. The van der Waals surface area contributed by atoms with E-state index in [1.54, 1.807) is 12.1 Å². The number of urea groups is 1. The van der Waals surface area contributed by atoms with Crippen LogP contribution in [0.2, 0.25) is 0 Å². The summed E-state index contributed by atoms with van der Waals surface area (Å²) in [5.74, 6) is 0.646. The molecule has 2 aliphatic heterocycles. The predicted octanol–water partition coefficient (Wildman–Crippen LogP) is 2.24. The highest BCUT2D eigenvalue weighted by molar-refractivity contribution is 6.07. The molecule has 1 saturated heterocycles. The Morgan fingerprint density at radius 2 is 1.91 bits per heavy atom. The third-order valence-corrected chi connectivity index (χ3v) is 5.65. The van der Waals surface area contributed by atoms with Gasteiger partial charge in [0.2, 0.25) is 11.9 Å². The average molecular weight is 431 g/mol. The zero-order valence-corrected chi connectivity index (χ0v) is 17.3. The van der Waals surface area contributed by atoms with Crippen LogP contribution in [0.5, 0.6) is 5.75 Å². The first-order valence-corrected chi connectivity index (χ1v) is 10.2. The number of aromatic nitrogens is 3. The van der Waals surface area contributed by atoms with Crippen molar-refractivity contribution in [2.24, 2.45) is 0 Å². The highest BCUT2D eigenvalue weighted by Crippen LogP contribution is 2.41. The monoisotopic (exact) mass is 431 g/mol. The number of anilines is 3. The Kier molecular flexibility index (Phi) is 4.62. The van der Waals surface area contributed by atoms with Crippen molar-refractivity contribution >= 4 is 29.5 Å². The molecule has 1 atom stereocenters. The van der Waals surface area contributed by atoms with Gasteiger partial charge in [0.1, 0.15) is 5.75 Å². The highest BCUT2D eigenvalue weighted by Gasteiger charge is 2.54. The molecule has 2 aromatic carbocycles. The lowest BCUT2D eigenvalue weighted by Gasteiger charge is -2.33. The second-order valence-electron chi connectivity index (χ2n) is 7.69. The van der Waals surface area contributed by atoms with Crippen molar-refractivity contribution in [2.45, 2.75) is 25.4 Å². The number of hydrogen-bond donors (Lipinski definition) is 3. The maximum atomic E-state index is 13.4. The molecule has 1 spiro atoms. The first-order chi connectivity index (χ1) is 15.5. The van der Waals surface area contributed by atoms with E-state index in [0.29, 0.717) is 24.3 Å². The van der Waals surface area contributed by atoms with Gasteiger partial charge in [0.05, 0.1) is 13.2 Å². The van der Waals surface area contributed by atoms with Crippen LogP contribution in [0.3, 0.4) is 0 Å². The molecule has 5 rings (SSSR count). The molecule has 2 aliphatic rings. The smallest absolute Gasteiger partial charge is 0.325 e. The van der Waals surface area contributed by atoms with Crippen molar-refractivity contribution in [1.82, 2.24) is 25.2 Å². The fraction of sp³-hybridized carbons (Fsp3) is 0.227. The SMILES string of the molecule is Cc1ccccc1Nc1nc(N)nc(CN2C(=O)NC3(CCOc4ccccc43)C2=O)n1. The molecule has 1 aromatic heterocycles. The van der Waals surface area contributed by atoms with Gasteiger partial charge in [-0.2, -0.15) is 15.0 Å². The van der Waals surface area contributed by atoms with Gasteiger partial charge in [-0.25, -0.2) is 4.79 Å². The Morgan fingerprint density at radius 1 is 1.12 bits per heavy atom. The fourth-order valence-corrected chi connectivity index (χ4v) is 4.06. The number of carbonyl (C=O) groups excluding carboxylic acids is 2. The number of para-hydroxylation sites is 2. The zero-order valence-electron chi connectivity index (χ0n) is 17.3. The number of benzene rings is 2. The van der Waals surface area contributed by atoms with E-state index in [-0.39, 0.29) is 30.2 Å². The van der Waals surface area contributed by atoms with Crippen LogP contribution in [0, 0.1) is 6.92 Å². The number of fused-ring (bicyclic) bond motifs is 2. The average Bonchev–Trinajstić information content (AvgIpc) is 3.00. The van der Waals surface area contributed by atoms with E-state index in [2.05, 4.69) is 25.6 Å². The molecule has 3 heterocycles. The third kappa shape index (κ3) is 3.25. The summed E-state index contributed by atoms with van der Waals surface area (Å²) in [6.45, 7) is 2.14. The normalized spacial score (nSPS) is 19.5. The van der Waals surface area contributed by atoms with Gasteiger partial charge in [-0.1, -0.05) is 36.4 Å². The van der Waals surface area contributed by atoms with E-state index in [1.165, 1.54) is 0 Å². The number of amides is 3. The molecular formula is C22H21N7O3. The number of ether oxygens (including phenoxy) is 1. The van der Waals surface area contributed by atoms with Crippen molar-refractivity contribution in [1.29, 1.82) is 0 Å². The minimum Gasteiger partial charge on any atom is -0.493 e. The van der Waals surface area contributed by atoms with Crippen molar-refractivity contribution in [3.63, 3.8) is 0 Å². The molecule has 0 bridgehead atoms. The maximum absolute atomic E-state index is 13.4. The van der Waals surface area contributed by atoms with E-state index in [9.17, 15) is 9.59 Å². The minimum absolute atomic E-state index is 0.00994. The number of hydrogen-bond acceptors (Lipinski definition) is 8. The number of aryl methyl sites for hydroxylation is 1. The number of carbonyl (C=O) groups is 2. The summed E-state index contributed by atoms with van der Waals surface area (Å²) in [6.07, 6.45) is 0.338. The van der Waals surface area contributed by atoms with E-state index >= 15 is 0 Å². The largest absolute Gasteiger partial charge is 0.493 e. The van der Waals surface area contributed by atoms with Crippen LogP contribution in [0.25, 0.3) is 0 Å². The van der Waals surface area contributed by atoms with E-state index in [0.717, 1.165) is 16.2 Å². The first kappa shape index (κ1) is 19.7. The summed E-state index contributed by atoms with van der Waals surface area (Å²) in [6, 6.07) is 14.4. The van der Waals surface area contributed by atoms with Crippen LogP contribution in [0.1, 0.15) is 23.4 Å². The van der Waals surface area contributed by atoms with E-state index < -0.39 is 11.6 Å². The van der Waals surface area contributed by atoms with Gasteiger partial charge in [0.15, 0.2) is 11.4 Å². The second-order valence-corrected chi connectivity index (χ2v) is 7.69. The summed E-state index contributed by atoms with van der Waals surface area (Å²) < 4.78 is 5.67. The Morgan fingerprint density at radius 3 is 2.75 bits per heavy atom. The fourth-order valence-electron chi connectivity index (χ4n) is 4.06. The van der Waals surface area contributed by atoms with E-state index in [1.807, 2.05) is 43.3 Å². The van der Waals surface area contributed by atoms with Crippen molar-refractivity contribution in [3.8, 4) is 5.75 Å². The van der Waals surface area contributed by atoms with Crippen LogP contribution in [0.15, 0.2) is 48.5 Å². The highest BCUT2D eigenvalue weighted by atomic mass is 16.5. The summed E-state index contributed by atoms with van der Waals surface area (Å²) in [4.78, 5) is 40.0. The Hall–Kier alpha value is -4.21. The lowest BCUT2D eigenvalue weighted by atomic mass is 9.84. The molecule has 3 amide bonds. The minimum atomic E-state index is -1.16. The van der Waals surface area contributed by atoms with Gasteiger partial charge >= 0.3 is 6.03 Å². The molecule has 0 saturated carbocycles. The van der Waals surface area contributed by atoms with Crippen LogP contribution in [-0.2, 0) is 16.9 Å². The van der Waals surface area contributed by atoms with Crippen molar-refractivity contribution in [2.75, 3.05) is 17.7 Å². The van der Waals surface area contributed by atoms with Gasteiger partial charge in [0.25, 0.3) is 5.91 Å². The molecule has 4 N–H and O–H groups in total. The molecule has 3 aromatic rings. The number of nitrogens with zero attached hydrogens (tertiary/aromatic N) is 4. The standard InChI is InChI=1S/C22H21N7O3/c1-13-6-2-4-8-15(13)24-20-26-17(25-19(23)27-20)12-29-18(30)22(28-21(29)31)10-11-32-16-9-5-3-7-14(16)22/h2-9H,10-12H2,1H3,(H,28,31)(H3,23,24,25,26,27). The molecule has 10 nitrogen and oxygen atoms in total. The molecule has 0 radical (unpaired) electrons. The Labute approximate surface area is 183 Å². The lowest BCUT2D eigenvalue weighted by molar-refractivity contribution is -0.133. The van der Waals surface area contributed by atoms with E-state index in [4.69, 9.17) is 10.5 Å². The van der Waals surface area contributed by atoms with Crippen LogP contribution >= 0.6 is 0 Å². The summed E-state index contributed by atoms with van der Waals surface area (Å²) >= 11 is 0. The maximum Gasteiger partial charge on any atom is 0.325 e.